The quantitative estimate of drug-likeness (QED) is 0.112. The summed E-state index contributed by atoms with van der Waals surface area (Å²) in [5.41, 5.74) is 8.62. The van der Waals surface area contributed by atoms with Crippen molar-refractivity contribution in [1.82, 2.24) is 4.98 Å². The van der Waals surface area contributed by atoms with Crippen molar-refractivity contribution in [1.29, 1.82) is 0 Å². The fraction of sp³-hybridized carbons (Fsp3) is 0.167. The molecule has 41 heavy (non-hydrogen) atoms. The van der Waals surface area contributed by atoms with Crippen molar-refractivity contribution >= 4 is 16.7 Å². The largest absolute Gasteiger partial charge is 0.512 e. The van der Waals surface area contributed by atoms with Crippen molar-refractivity contribution in [2.75, 3.05) is 0 Å². The number of aromatic nitrogens is 1. The second kappa shape index (κ2) is 13.1. The van der Waals surface area contributed by atoms with Crippen molar-refractivity contribution < 1.29 is 34.7 Å². The summed E-state index contributed by atoms with van der Waals surface area (Å²) >= 11 is 0. The van der Waals surface area contributed by atoms with Crippen molar-refractivity contribution in [3.8, 4) is 45.0 Å². The maximum Gasteiger partial charge on any atom is 0.155 e. The van der Waals surface area contributed by atoms with Crippen LogP contribution in [0.3, 0.4) is 0 Å². The summed E-state index contributed by atoms with van der Waals surface area (Å²) in [5, 5.41) is 9.58. The molecule has 0 amide bonds. The van der Waals surface area contributed by atoms with Gasteiger partial charge in [0, 0.05) is 37.1 Å². The normalized spacial score (nSPS) is 11.6. The van der Waals surface area contributed by atoms with E-state index in [0.29, 0.717) is 5.92 Å². The molecule has 1 aromatic heterocycles. The van der Waals surface area contributed by atoms with Gasteiger partial charge in [-0.05, 0) is 60.7 Å². The molecule has 4 nitrogen and oxygen atoms in total. The SMILES string of the molecule is CC(=O)/C=C(/C)O.CC(C)Cc1cc(-c2[c-]ccc3c2Oc2ccccc2-c2ccccc2-3)nc2ccccc12.[Ir]. The van der Waals surface area contributed by atoms with Crippen LogP contribution in [0.25, 0.3) is 44.4 Å². The number of para-hydroxylation sites is 2. The van der Waals surface area contributed by atoms with Gasteiger partial charge in [-0.3, -0.25) is 9.78 Å². The molecule has 1 aliphatic rings. The maximum atomic E-state index is 10.0. The van der Waals surface area contributed by atoms with E-state index in [2.05, 4.69) is 92.7 Å². The summed E-state index contributed by atoms with van der Waals surface area (Å²) in [7, 11) is 0. The molecule has 0 atom stereocenters. The van der Waals surface area contributed by atoms with Crippen molar-refractivity contribution in [2.24, 2.45) is 5.92 Å². The van der Waals surface area contributed by atoms with E-state index in [4.69, 9.17) is 14.8 Å². The molecule has 0 saturated carbocycles. The third-order valence-corrected chi connectivity index (χ3v) is 6.65. The van der Waals surface area contributed by atoms with Crippen LogP contribution in [-0.2, 0) is 31.3 Å². The number of ketones is 1. The molecule has 2 heterocycles. The summed E-state index contributed by atoms with van der Waals surface area (Å²) in [5.74, 6) is 2.16. The molecular formula is C36H32IrNO3-. The van der Waals surface area contributed by atoms with Crippen LogP contribution in [0.2, 0.25) is 0 Å². The minimum atomic E-state index is -0.125. The van der Waals surface area contributed by atoms with Crippen LogP contribution >= 0.6 is 0 Å². The molecule has 5 heteroatoms. The number of benzene rings is 4. The first-order valence-corrected chi connectivity index (χ1v) is 13.5. The molecule has 1 N–H and O–H groups in total. The van der Waals surface area contributed by atoms with E-state index >= 15 is 0 Å². The van der Waals surface area contributed by atoms with Gasteiger partial charge < -0.3 is 9.84 Å². The zero-order valence-electron chi connectivity index (χ0n) is 23.6. The molecule has 0 fully saturated rings. The molecule has 0 unspecified atom stereocenters. The summed E-state index contributed by atoms with van der Waals surface area (Å²) in [6, 6.07) is 34.9. The third kappa shape index (κ3) is 6.65. The fourth-order valence-corrected chi connectivity index (χ4v) is 5.11. The molecule has 0 bridgehead atoms. The number of pyridine rings is 1. The Bertz CT molecular complexity index is 1730. The molecule has 0 saturated heterocycles. The van der Waals surface area contributed by atoms with E-state index in [9.17, 15) is 4.79 Å². The van der Waals surface area contributed by atoms with E-state index in [1.165, 1.54) is 36.4 Å². The monoisotopic (exact) mass is 719 g/mol. The van der Waals surface area contributed by atoms with E-state index in [1.807, 2.05) is 18.2 Å². The Morgan fingerprint density at radius 3 is 2.20 bits per heavy atom. The van der Waals surface area contributed by atoms with Gasteiger partial charge in [-0.15, -0.1) is 18.2 Å². The van der Waals surface area contributed by atoms with Gasteiger partial charge in [0.05, 0.1) is 17.0 Å². The molecule has 209 valence electrons. The van der Waals surface area contributed by atoms with Crippen molar-refractivity contribution in [2.45, 2.75) is 34.1 Å². The molecule has 0 aliphatic carbocycles. The third-order valence-electron chi connectivity index (χ3n) is 6.65. The van der Waals surface area contributed by atoms with Gasteiger partial charge in [0.25, 0.3) is 0 Å². The topological polar surface area (TPSA) is 59.4 Å². The van der Waals surface area contributed by atoms with Crippen LogP contribution in [-0.4, -0.2) is 15.9 Å². The zero-order chi connectivity index (χ0) is 28.2. The van der Waals surface area contributed by atoms with Gasteiger partial charge in [-0.25, -0.2) is 0 Å². The fourth-order valence-electron chi connectivity index (χ4n) is 5.11. The second-order valence-corrected chi connectivity index (χ2v) is 10.4. The van der Waals surface area contributed by atoms with Gasteiger partial charge in [0.2, 0.25) is 0 Å². The van der Waals surface area contributed by atoms with Crippen molar-refractivity contribution in [3.05, 3.63) is 114 Å². The Labute approximate surface area is 255 Å². The van der Waals surface area contributed by atoms with E-state index in [-0.39, 0.29) is 31.6 Å². The van der Waals surface area contributed by atoms with E-state index in [0.717, 1.165) is 51.4 Å². The van der Waals surface area contributed by atoms with Crippen LogP contribution in [0.4, 0.5) is 0 Å². The number of aliphatic hydroxyl groups excluding tert-OH is 1. The first-order chi connectivity index (χ1) is 19.3. The molecule has 1 radical (unpaired) electrons. The number of fused-ring (bicyclic) bond motifs is 6. The Morgan fingerprint density at radius 1 is 0.902 bits per heavy atom. The predicted octanol–water partition coefficient (Wildman–Crippen LogP) is 9.37. The minimum Gasteiger partial charge on any atom is -0.512 e. The summed E-state index contributed by atoms with van der Waals surface area (Å²) in [6.07, 6.45) is 2.16. The van der Waals surface area contributed by atoms with Gasteiger partial charge in [-0.1, -0.05) is 91.7 Å². The van der Waals surface area contributed by atoms with Crippen LogP contribution < -0.4 is 4.74 Å². The van der Waals surface area contributed by atoms with Gasteiger partial charge in [0.15, 0.2) is 5.78 Å². The Hall–Kier alpha value is -4.05. The average molecular weight is 719 g/mol. The van der Waals surface area contributed by atoms with Crippen LogP contribution in [0, 0.1) is 12.0 Å². The Balaban J connectivity index is 0.000000434. The van der Waals surface area contributed by atoms with Crippen LogP contribution in [0.5, 0.6) is 11.5 Å². The maximum absolute atomic E-state index is 10.0. The van der Waals surface area contributed by atoms with Crippen LogP contribution in [0.15, 0.2) is 103 Å². The summed E-state index contributed by atoms with van der Waals surface area (Å²) < 4.78 is 6.63. The van der Waals surface area contributed by atoms with Crippen molar-refractivity contribution in [3.63, 3.8) is 0 Å². The molecule has 4 aromatic carbocycles. The Kier molecular flexibility index (Phi) is 9.54. The number of hydrogen-bond acceptors (Lipinski definition) is 4. The first-order valence-electron chi connectivity index (χ1n) is 13.5. The molecule has 0 spiro atoms. The van der Waals surface area contributed by atoms with Gasteiger partial charge in [-0.2, -0.15) is 0 Å². The standard InChI is InChI=1S/C31H24NO.C5H8O2.Ir/c1-20(2)18-21-19-29(32-28-16-7-5-10-22(21)28)27-15-9-14-26-24-12-4-3-11-23(24)25-13-6-8-17-30(25)33-31(26)27;1-4(6)3-5(2)7;/h3-14,16-17,19-20H,18H2,1-2H3;3,6H,1-2H3;/q-1;;/b;4-3-;. The second-order valence-electron chi connectivity index (χ2n) is 10.4. The minimum absolute atomic E-state index is 0. The number of nitrogens with zero attached hydrogens (tertiary/aromatic N) is 1. The Morgan fingerprint density at radius 2 is 1.54 bits per heavy atom. The summed E-state index contributed by atoms with van der Waals surface area (Å²) in [6.45, 7) is 7.36. The number of ether oxygens (including phenoxy) is 1. The number of rotatable bonds is 4. The molecule has 6 rings (SSSR count). The predicted molar refractivity (Wildman–Crippen MR) is 163 cm³/mol. The number of allylic oxidation sites excluding steroid dienone is 2. The summed E-state index contributed by atoms with van der Waals surface area (Å²) in [4.78, 5) is 15.1. The molecule has 5 aromatic rings. The van der Waals surface area contributed by atoms with E-state index in [1.54, 1.807) is 0 Å². The first kappa shape index (κ1) is 29.9. The zero-order valence-corrected chi connectivity index (χ0v) is 26.0. The molecular weight excluding hydrogens is 687 g/mol. The number of hydrogen-bond donors (Lipinski definition) is 1. The van der Waals surface area contributed by atoms with Gasteiger partial charge >= 0.3 is 0 Å². The van der Waals surface area contributed by atoms with Crippen LogP contribution in [0.1, 0.15) is 33.3 Å². The average Bonchev–Trinajstić information content (AvgIpc) is 3.07. The van der Waals surface area contributed by atoms with E-state index < -0.39 is 0 Å². The number of carbonyl (C=O) groups is 1. The molecule has 1 aliphatic heterocycles. The van der Waals surface area contributed by atoms with Gasteiger partial charge in [0.1, 0.15) is 5.75 Å². The number of aliphatic hydroxyl groups is 1. The number of carbonyl (C=O) groups excluding carboxylic acids is 1. The smallest absolute Gasteiger partial charge is 0.155 e.